The zero-order chi connectivity index (χ0) is 21.0. The van der Waals surface area contributed by atoms with Crippen LogP contribution in [0.2, 0.25) is 0 Å². The third-order valence-electron chi connectivity index (χ3n) is 5.00. The Kier molecular flexibility index (Phi) is 6.42. The largest absolute Gasteiger partial charge is 0.439 e. The third-order valence-corrected chi connectivity index (χ3v) is 5.00. The van der Waals surface area contributed by atoms with Gasteiger partial charge < -0.3 is 15.0 Å². The second kappa shape index (κ2) is 8.82. The first-order chi connectivity index (χ1) is 13.7. The molecule has 0 spiro atoms. The lowest BCUT2D eigenvalue weighted by Crippen LogP contribution is -2.46. The van der Waals surface area contributed by atoms with Crippen molar-refractivity contribution in [3.05, 3.63) is 53.7 Å². The van der Waals surface area contributed by atoms with Gasteiger partial charge in [0.25, 0.3) is 5.91 Å². The topological polar surface area (TPSA) is 54.5 Å². The van der Waals surface area contributed by atoms with Gasteiger partial charge in [-0.3, -0.25) is 4.79 Å². The Balaban J connectivity index is 1.54. The van der Waals surface area contributed by atoms with Crippen LogP contribution in [0.1, 0.15) is 42.6 Å². The van der Waals surface area contributed by atoms with Crippen molar-refractivity contribution in [2.75, 3.05) is 13.1 Å². The molecule has 0 bridgehead atoms. The minimum Gasteiger partial charge on any atom is -0.439 e. The van der Waals surface area contributed by atoms with Crippen molar-refractivity contribution in [3.8, 4) is 11.6 Å². The molecule has 0 atom stereocenters. The summed E-state index contributed by atoms with van der Waals surface area (Å²) in [5, 5.41) is 3.06. The molecule has 0 unspecified atom stereocenters. The molecule has 1 amide bonds. The SMILES string of the molecule is CC(C)N1CCC(NC(=O)c2ccc(Oc3ccc(C(F)(F)F)cn3)cc2)CC1. The standard InChI is InChI=1S/C21H24F3N3O2/c1-14(2)27-11-9-17(10-12-27)26-20(28)15-3-6-18(7-4-15)29-19-8-5-16(13-25-19)21(22,23)24/h3-8,13-14,17H,9-12H2,1-2H3,(H,26,28). The van der Waals surface area contributed by atoms with Crippen LogP contribution < -0.4 is 10.1 Å². The molecule has 1 fully saturated rings. The van der Waals surface area contributed by atoms with Crippen LogP contribution in [-0.4, -0.2) is 41.0 Å². The van der Waals surface area contributed by atoms with Crippen molar-refractivity contribution in [2.24, 2.45) is 0 Å². The van der Waals surface area contributed by atoms with E-state index in [1.165, 1.54) is 0 Å². The molecule has 0 aliphatic carbocycles. The molecule has 0 saturated carbocycles. The molecule has 8 heteroatoms. The average molecular weight is 407 g/mol. The summed E-state index contributed by atoms with van der Waals surface area (Å²) in [6.07, 6.45) is -1.87. The number of aromatic nitrogens is 1. The zero-order valence-electron chi connectivity index (χ0n) is 16.4. The minimum atomic E-state index is -4.44. The zero-order valence-corrected chi connectivity index (χ0v) is 16.4. The Hall–Kier alpha value is -2.61. The van der Waals surface area contributed by atoms with Crippen LogP contribution in [0.15, 0.2) is 42.6 Å². The summed E-state index contributed by atoms with van der Waals surface area (Å²) < 4.78 is 43.2. The number of alkyl halides is 3. The minimum absolute atomic E-state index is 0.0483. The molecule has 1 aromatic carbocycles. The first-order valence-corrected chi connectivity index (χ1v) is 9.58. The molecule has 5 nitrogen and oxygen atoms in total. The lowest BCUT2D eigenvalue weighted by molar-refractivity contribution is -0.137. The van der Waals surface area contributed by atoms with E-state index in [0.29, 0.717) is 17.4 Å². The summed E-state index contributed by atoms with van der Waals surface area (Å²) in [5.74, 6) is 0.290. The van der Waals surface area contributed by atoms with Gasteiger partial charge in [0.2, 0.25) is 5.88 Å². The monoisotopic (exact) mass is 407 g/mol. The van der Waals surface area contributed by atoms with Crippen LogP contribution in [0, 0.1) is 0 Å². The molecule has 1 N–H and O–H groups in total. The first-order valence-electron chi connectivity index (χ1n) is 9.58. The van der Waals surface area contributed by atoms with Gasteiger partial charge in [0.15, 0.2) is 0 Å². The number of piperidine rings is 1. The van der Waals surface area contributed by atoms with Gasteiger partial charge in [0, 0.05) is 43.0 Å². The summed E-state index contributed by atoms with van der Waals surface area (Å²) in [6.45, 7) is 6.27. The van der Waals surface area contributed by atoms with Gasteiger partial charge in [0.05, 0.1) is 5.56 Å². The Labute approximate surface area is 167 Å². The van der Waals surface area contributed by atoms with Crippen molar-refractivity contribution in [1.82, 2.24) is 15.2 Å². The number of ether oxygens (including phenoxy) is 1. The highest BCUT2D eigenvalue weighted by Crippen LogP contribution is 2.30. The molecule has 29 heavy (non-hydrogen) atoms. The summed E-state index contributed by atoms with van der Waals surface area (Å²) in [4.78, 5) is 18.5. The van der Waals surface area contributed by atoms with Crippen LogP contribution in [0.5, 0.6) is 11.6 Å². The highest BCUT2D eigenvalue weighted by Gasteiger charge is 2.30. The van der Waals surface area contributed by atoms with Crippen molar-refractivity contribution in [1.29, 1.82) is 0 Å². The maximum atomic E-state index is 12.6. The normalized spacial score (nSPS) is 16.1. The number of carbonyl (C=O) groups is 1. The molecular formula is C21H24F3N3O2. The molecule has 1 saturated heterocycles. The maximum Gasteiger partial charge on any atom is 0.417 e. The molecule has 1 aliphatic heterocycles. The molecule has 156 valence electrons. The second-order valence-electron chi connectivity index (χ2n) is 7.39. The number of hydrogen-bond donors (Lipinski definition) is 1. The van der Waals surface area contributed by atoms with E-state index in [0.717, 1.165) is 44.3 Å². The number of likely N-dealkylation sites (tertiary alicyclic amines) is 1. The van der Waals surface area contributed by atoms with E-state index in [4.69, 9.17) is 4.74 Å². The number of benzene rings is 1. The fourth-order valence-corrected chi connectivity index (χ4v) is 3.23. The van der Waals surface area contributed by atoms with Crippen molar-refractivity contribution in [2.45, 2.75) is 44.9 Å². The van der Waals surface area contributed by atoms with Crippen molar-refractivity contribution in [3.63, 3.8) is 0 Å². The van der Waals surface area contributed by atoms with E-state index in [9.17, 15) is 18.0 Å². The van der Waals surface area contributed by atoms with Gasteiger partial charge in [-0.1, -0.05) is 0 Å². The number of rotatable bonds is 5. The summed E-state index contributed by atoms with van der Waals surface area (Å²) in [6, 6.07) is 9.17. The maximum absolute atomic E-state index is 12.6. The lowest BCUT2D eigenvalue weighted by Gasteiger charge is -2.34. The number of pyridine rings is 1. The third kappa shape index (κ3) is 5.69. The smallest absolute Gasteiger partial charge is 0.417 e. The number of hydrogen-bond acceptors (Lipinski definition) is 4. The van der Waals surface area contributed by atoms with Gasteiger partial charge in [-0.15, -0.1) is 0 Å². The van der Waals surface area contributed by atoms with Crippen molar-refractivity contribution < 1.29 is 22.7 Å². The van der Waals surface area contributed by atoms with Crippen LogP contribution >= 0.6 is 0 Å². The van der Waals surface area contributed by atoms with Crippen LogP contribution in [0.3, 0.4) is 0 Å². The molecule has 1 aromatic heterocycles. The highest BCUT2D eigenvalue weighted by molar-refractivity contribution is 5.94. The van der Waals surface area contributed by atoms with Gasteiger partial charge in [-0.05, 0) is 57.0 Å². The Bertz CT molecular complexity index is 813. The molecule has 0 radical (unpaired) electrons. The number of amides is 1. The first kappa shape index (κ1) is 21.1. The van der Waals surface area contributed by atoms with E-state index < -0.39 is 11.7 Å². The van der Waals surface area contributed by atoms with Gasteiger partial charge in [-0.25, -0.2) is 4.98 Å². The van der Waals surface area contributed by atoms with Crippen LogP contribution in [-0.2, 0) is 6.18 Å². The fourth-order valence-electron chi connectivity index (χ4n) is 3.23. The summed E-state index contributed by atoms with van der Waals surface area (Å²) in [7, 11) is 0. The van der Waals surface area contributed by atoms with Crippen LogP contribution in [0.4, 0.5) is 13.2 Å². The molecule has 3 rings (SSSR count). The second-order valence-corrected chi connectivity index (χ2v) is 7.39. The molecule has 1 aliphatic rings. The number of carbonyl (C=O) groups excluding carboxylic acids is 1. The van der Waals surface area contributed by atoms with E-state index >= 15 is 0 Å². The van der Waals surface area contributed by atoms with E-state index in [1.54, 1.807) is 24.3 Å². The van der Waals surface area contributed by atoms with E-state index in [-0.39, 0.29) is 17.8 Å². The number of halogens is 3. The predicted octanol–water partition coefficient (Wildman–Crippen LogP) is 4.50. The van der Waals surface area contributed by atoms with Gasteiger partial charge in [-0.2, -0.15) is 13.2 Å². The molecule has 2 aromatic rings. The molecular weight excluding hydrogens is 383 g/mol. The van der Waals surface area contributed by atoms with E-state index in [2.05, 4.69) is 29.0 Å². The number of nitrogens with zero attached hydrogens (tertiary/aromatic N) is 2. The lowest BCUT2D eigenvalue weighted by atomic mass is 10.0. The number of nitrogens with one attached hydrogen (secondary N) is 1. The van der Waals surface area contributed by atoms with Crippen molar-refractivity contribution >= 4 is 5.91 Å². The predicted molar refractivity (Wildman–Crippen MR) is 103 cm³/mol. The quantitative estimate of drug-likeness (QED) is 0.793. The molecule has 2 heterocycles. The van der Waals surface area contributed by atoms with Crippen LogP contribution in [0.25, 0.3) is 0 Å². The van der Waals surface area contributed by atoms with Gasteiger partial charge in [0.1, 0.15) is 5.75 Å². The fraction of sp³-hybridized carbons (Fsp3) is 0.429. The Morgan fingerprint density at radius 2 is 1.79 bits per heavy atom. The highest BCUT2D eigenvalue weighted by atomic mass is 19.4. The van der Waals surface area contributed by atoms with E-state index in [1.807, 2.05) is 0 Å². The average Bonchev–Trinajstić information content (AvgIpc) is 2.68. The summed E-state index contributed by atoms with van der Waals surface area (Å²) >= 11 is 0. The Morgan fingerprint density at radius 1 is 1.14 bits per heavy atom. The summed E-state index contributed by atoms with van der Waals surface area (Å²) in [5.41, 5.74) is -0.333. The van der Waals surface area contributed by atoms with Gasteiger partial charge >= 0.3 is 6.18 Å². The Morgan fingerprint density at radius 3 is 2.31 bits per heavy atom.